The van der Waals surface area contributed by atoms with Crippen LogP contribution < -0.4 is 15.5 Å². The number of amides is 2. The number of halogens is 2. The van der Waals surface area contributed by atoms with Crippen LogP contribution in [0, 0.1) is 0 Å². The normalized spacial score (nSPS) is 19.0. The highest BCUT2D eigenvalue weighted by molar-refractivity contribution is 6.31. The van der Waals surface area contributed by atoms with Crippen LogP contribution in [0.4, 0.5) is 0 Å². The summed E-state index contributed by atoms with van der Waals surface area (Å²) in [7, 11) is 1.59. The zero-order valence-corrected chi connectivity index (χ0v) is 18.6. The lowest BCUT2D eigenvalue weighted by atomic mass is 9.99. The van der Waals surface area contributed by atoms with Gasteiger partial charge in [0.25, 0.3) is 5.91 Å². The van der Waals surface area contributed by atoms with Gasteiger partial charge in [0.15, 0.2) is 6.04 Å². The van der Waals surface area contributed by atoms with Crippen LogP contribution in [-0.4, -0.2) is 35.9 Å². The van der Waals surface area contributed by atoms with Crippen LogP contribution in [0.2, 0.25) is 10.0 Å². The number of methoxy groups -OCH3 is 1. The van der Waals surface area contributed by atoms with Crippen molar-refractivity contribution in [2.75, 3.05) is 7.11 Å². The van der Waals surface area contributed by atoms with Crippen LogP contribution in [0.3, 0.4) is 0 Å². The smallest absolute Gasteiger partial charge is 0.304 e. The molecule has 6 nitrogen and oxygen atoms in total. The number of ether oxygens (including phenoxy) is 1. The molecule has 0 aromatic heterocycles. The zero-order chi connectivity index (χ0) is 22.7. The predicted octanol–water partition coefficient (Wildman–Crippen LogP) is 4.02. The molecule has 1 heterocycles. The quantitative estimate of drug-likeness (QED) is 0.555. The van der Waals surface area contributed by atoms with Crippen LogP contribution in [-0.2, 0) is 4.79 Å². The van der Waals surface area contributed by atoms with Gasteiger partial charge in [0.2, 0.25) is 12.3 Å². The zero-order valence-electron chi connectivity index (χ0n) is 17.1. The van der Waals surface area contributed by atoms with E-state index in [0.29, 0.717) is 21.4 Å². The van der Waals surface area contributed by atoms with Crippen molar-refractivity contribution in [1.29, 1.82) is 0 Å². The number of nitrogens with zero attached hydrogens (tertiary/aromatic N) is 1. The Morgan fingerprint density at radius 3 is 2.16 bits per heavy atom. The van der Waals surface area contributed by atoms with Crippen LogP contribution in [0.1, 0.15) is 27.5 Å². The molecule has 3 aromatic rings. The number of carbonyl (C=O) groups is 2. The van der Waals surface area contributed by atoms with Gasteiger partial charge < -0.3 is 10.1 Å². The number of carbonyl (C=O) groups excluding carboxylic acids is 2. The van der Waals surface area contributed by atoms with E-state index in [0.717, 1.165) is 11.1 Å². The minimum absolute atomic E-state index is 0.321. The summed E-state index contributed by atoms with van der Waals surface area (Å²) in [6, 6.07) is 19.8. The number of nitrogens with one attached hydrogen (secondary N) is 2. The molecule has 1 saturated heterocycles. The molecule has 162 valence electrons. The minimum Gasteiger partial charge on any atom is -0.497 e. The van der Waals surface area contributed by atoms with Gasteiger partial charge in [-0.05, 0) is 72.8 Å². The summed E-state index contributed by atoms with van der Waals surface area (Å²) in [5, 5.41) is 4.00. The second-order valence-corrected chi connectivity index (χ2v) is 8.11. The third-order valence-electron chi connectivity index (χ3n) is 5.15. The predicted molar refractivity (Wildman–Crippen MR) is 123 cm³/mol. The maximum atomic E-state index is 12.9. The van der Waals surface area contributed by atoms with Crippen LogP contribution in [0.25, 0.3) is 0 Å². The molecule has 0 aliphatic carbocycles. The fraction of sp³-hybridized carbons (Fsp3) is 0.125. The lowest BCUT2D eigenvalue weighted by molar-refractivity contribution is -0.596. The first-order chi connectivity index (χ1) is 15.4. The fourth-order valence-corrected chi connectivity index (χ4v) is 3.77. The topological polar surface area (TPSA) is 70.4 Å². The van der Waals surface area contributed by atoms with Crippen molar-refractivity contribution < 1.29 is 19.0 Å². The molecule has 2 amide bonds. The van der Waals surface area contributed by atoms with Gasteiger partial charge >= 0.3 is 5.91 Å². The van der Waals surface area contributed by atoms with Gasteiger partial charge in [0.05, 0.1) is 7.11 Å². The Balaban J connectivity index is 1.69. The number of hydrazone groups is 1. The van der Waals surface area contributed by atoms with E-state index in [1.807, 2.05) is 36.4 Å². The fourth-order valence-electron chi connectivity index (χ4n) is 3.52. The van der Waals surface area contributed by atoms with Gasteiger partial charge in [0, 0.05) is 26.7 Å². The van der Waals surface area contributed by atoms with Crippen LogP contribution in [0.15, 0.2) is 72.8 Å². The van der Waals surface area contributed by atoms with Crippen molar-refractivity contribution in [3.05, 3.63) is 99.5 Å². The summed E-state index contributed by atoms with van der Waals surface area (Å²) in [5.74, 6) is 0.00743. The second kappa shape index (κ2) is 9.42. The maximum absolute atomic E-state index is 12.9. The molecule has 3 aromatic carbocycles. The Morgan fingerprint density at radius 1 is 0.969 bits per heavy atom. The highest BCUT2D eigenvalue weighted by atomic mass is 35.5. The first kappa shape index (κ1) is 21.9. The lowest BCUT2D eigenvalue weighted by Gasteiger charge is -2.15. The van der Waals surface area contributed by atoms with Gasteiger partial charge in [0.1, 0.15) is 5.75 Å². The lowest BCUT2D eigenvalue weighted by Crippen LogP contribution is -2.42. The SMILES string of the molecule is COc1ccc([C@@H]2[C@@H](NC(=O)c3ccc(Cl)cc3)C(=O)N/[N+]2=C\c2ccc(Cl)cc2)cc1. The molecule has 0 unspecified atom stereocenters. The molecule has 0 radical (unpaired) electrons. The van der Waals surface area contributed by atoms with Gasteiger partial charge in [-0.1, -0.05) is 23.2 Å². The van der Waals surface area contributed by atoms with E-state index in [-0.39, 0.29) is 11.8 Å². The molecule has 4 rings (SSSR count). The van der Waals surface area contributed by atoms with E-state index >= 15 is 0 Å². The van der Waals surface area contributed by atoms with Gasteiger partial charge in [-0.15, -0.1) is 10.1 Å². The molecule has 1 fully saturated rings. The highest BCUT2D eigenvalue weighted by Crippen LogP contribution is 2.27. The molecule has 0 saturated carbocycles. The number of rotatable bonds is 5. The molecule has 1 aliphatic rings. The Labute approximate surface area is 195 Å². The standard InChI is InChI=1S/C24H19Cl2N3O3/c1-32-20-12-6-16(7-13-20)22-21(27-23(30)17-4-10-19(26)11-5-17)24(31)28-29(22)14-15-2-8-18(25)9-3-15/h2-14,21-22H,1H3,(H-,27,28,30,31)/p+1/b29-14-/t21-,22-/m1/s1. The molecule has 8 heteroatoms. The molecule has 1 aliphatic heterocycles. The van der Waals surface area contributed by atoms with Crippen molar-refractivity contribution in [1.82, 2.24) is 10.7 Å². The molecule has 0 spiro atoms. The van der Waals surface area contributed by atoms with Crippen molar-refractivity contribution in [3.8, 4) is 5.75 Å². The maximum Gasteiger partial charge on any atom is 0.304 e. The Hall–Kier alpha value is -3.35. The van der Waals surface area contributed by atoms with E-state index in [4.69, 9.17) is 27.9 Å². The third-order valence-corrected chi connectivity index (χ3v) is 5.65. The van der Waals surface area contributed by atoms with E-state index in [1.54, 1.807) is 54.4 Å². The van der Waals surface area contributed by atoms with E-state index in [1.165, 1.54) is 0 Å². The summed E-state index contributed by atoms with van der Waals surface area (Å²) in [6.45, 7) is 0. The first-order valence-electron chi connectivity index (χ1n) is 9.84. The van der Waals surface area contributed by atoms with Crippen LogP contribution in [0.5, 0.6) is 5.75 Å². The molecular weight excluding hydrogens is 449 g/mol. The first-order valence-corrected chi connectivity index (χ1v) is 10.6. The summed E-state index contributed by atoms with van der Waals surface area (Å²) in [5.41, 5.74) is 4.94. The van der Waals surface area contributed by atoms with Crippen molar-refractivity contribution in [3.63, 3.8) is 0 Å². The number of hydrazine groups is 1. The Kier molecular flexibility index (Phi) is 6.44. The summed E-state index contributed by atoms with van der Waals surface area (Å²) >= 11 is 11.9. The number of hydrogen-bond acceptors (Lipinski definition) is 3. The third kappa shape index (κ3) is 4.77. The van der Waals surface area contributed by atoms with Crippen LogP contribution >= 0.6 is 23.2 Å². The molecular formula is C24H20Cl2N3O3+. The van der Waals surface area contributed by atoms with Gasteiger partial charge in [-0.2, -0.15) is 0 Å². The highest BCUT2D eigenvalue weighted by Gasteiger charge is 2.47. The summed E-state index contributed by atoms with van der Waals surface area (Å²) in [6.07, 6.45) is 1.80. The summed E-state index contributed by atoms with van der Waals surface area (Å²) < 4.78 is 6.94. The van der Waals surface area contributed by atoms with Crippen molar-refractivity contribution in [2.24, 2.45) is 0 Å². The van der Waals surface area contributed by atoms with Gasteiger partial charge in [-0.3, -0.25) is 9.59 Å². The molecule has 2 atom stereocenters. The van der Waals surface area contributed by atoms with E-state index in [9.17, 15) is 9.59 Å². The average molecular weight is 469 g/mol. The van der Waals surface area contributed by atoms with E-state index < -0.39 is 12.1 Å². The minimum atomic E-state index is -0.824. The van der Waals surface area contributed by atoms with Gasteiger partial charge in [-0.25, -0.2) is 0 Å². The Bertz CT molecular complexity index is 1160. The molecule has 2 N–H and O–H groups in total. The van der Waals surface area contributed by atoms with E-state index in [2.05, 4.69) is 10.7 Å². The molecule has 0 bridgehead atoms. The largest absolute Gasteiger partial charge is 0.497 e. The summed E-state index contributed by atoms with van der Waals surface area (Å²) in [4.78, 5) is 25.7. The molecule has 32 heavy (non-hydrogen) atoms. The second-order valence-electron chi connectivity index (χ2n) is 7.24. The number of hydrogen-bond donors (Lipinski definition) is 2. The monoisotopic (exact) mass is 468 g/mol. The Morgan fingerprint density at radius 2 is 1.56 bits per heavy atom. The van der Waals surface area contributed by atoms with Crippen molar-refractivity contribution in [2.45, 2.75) is 12.1 Å². The van der Waals surface area contributed by atoms with Crippen molar-refractivity contribution >= 4 is 41.2 Å². The average Bonchev–Trinajstić information content (AvgIpc) is 3.10. The number of benzene rings is 3.